The highest BCUT2D eigenvalue weighted by Gasteiger charge is 1.92. The highest BCUT2D eigenvalue weighted by molar-refractivity contribution is 5.66. The summed E-state index contributed by atoms with van der Waals surface area (Å²) in [5.41, 5.74) is 0. The van der Waals surface area contributed by atoms with E-state index >= 15 is 0 Å². The number of hydrogen-bond donors (Lipinski definition) is 1. The predicted octanol–water partition coefficient (Wildman–Crippen LogP) is 5.66. The third-order valence-corrected chi connectivity index (χ3v) is 3.07. The van der Waals surface area contributed by atoms with Gasteiger partial charge in [-0.05, 0) is 32.1 Å². The number of aliphatic carboxylic acids is 1. The van der Waals surface area contributed by atoms with E-state index in [1.807, 2.05) is 12.2 Å². The van der Waals surface area contributed by atoms with Crippen LogP contribution >= 0.6 is 0 Å². The van der Waals surface area contributed by atoms with Crippen LogP contribution < -0.4 is 0 Å². The van der Waals surface area contributed by atoms with Gasteiger partial charge in [0.1, 0.15) is 0 Å². The first-order valence-electron chi connectivity index (χ1n) is 8.39. The molecule has 0 aliphatic heterocycles. The summed E-state index contributed by atoms with van der Waals surface area (Å²) in [6, 6.07) is 0. The molecule has 0 aromatic carbocycles. The topological polar surface area (TPSA) is 37.3 Å². The van der Waals surface area contributed by atoms with E-state index < -0.39 is 5.97 Å². The zero-order chi connectivity index (χ0) is 16.3. The van der Waals surface area contributed by atoms with Crippen LogP contribution in [0.1, 0.15) is 71.1 Å². The molecule has 0 amide bonds. The molecule has 1 N–H and O–H groups in total. The smallest absolute Gasteiger partial charge is 0.303 e. The van der Waals surface area contributed by atoms with Gasteiger partial charge in [-0.2, -0.15) is 0 Å². The first-order valence-corrected chi connectivity index (χ1v) is 8.39. The van der Waals surface area contributed by atoms with Gasteiger partial charge in [0.05, 0.1) is 0 Å². The SMILES string of the molecule is CCCCC/C=C\C/C=C\CC#CC/C=C\CCCC(=O)O. The van der Waals surface area contributed by atoms with Gasteiger partial charge in [-0.3, -0.25) is 4.79 Å². The molecule has 0 spiro atoms. The molecule has 0 rings (SSSR count). The molecule has 0 aromatic rings. The zero-order valence-corrected chi connectivity index (χ0v) is 13.9. The van der Waals surface area contributed by atoms with E-state index in [1.54, 1.807) is 0 Å². The van der Waals surface area contributed by atoms with E-state index in [2.05, 4.69) is 43.1 Å². The van der Waals surface area contributed by atoms with Crippen LogP contribution in [-0.2, 0) is 4.79 Å². The molecular weight excluding hydrogens is 272 g/mol. The molecule has 0 aliphatic rings. The van der Waals surface area contributed by atoms with Crippen LogP contribution in [0.4, 0.5) is 0 Å². The standard InChI is InChI=1S/C20H30O2/c1-2-3-4-5-6-7-8-9-10-11-12-13-14-15-16-17-18-19-20(21)22/h6-7,9-10,15-16H,2-5,8,11,14,17-19H2,1H3,(H,21,22)/b7-6-,10-9-,16-15-. The summed E-state index contributed by atoms with van der Waals surface area (Å²) < 4.78 is 0. The molecule has 0 aromatic heterocycles. The van der Waals surface area contributed by atoms with Gasteiger partial charge in [0.25, 0.3) is 0 Å². The van der Waals surface area contributed by atoms with Gasteiger partial charge in [-0.25, -0.2) is 0 Å². The van der Waals surface area contributed by atoms with Crippen LogP contribution in [-0.4, -0.2) is 11.1 Å². The van der Waals surface area contributed by atoms with Crippen molar-refractivity contribution in [2.24, 2.45) is 0 Å². The Labute approximate surface area is 136 Å². The van der Waals surface area contributed by atoms with Crippen LogP contribution in [0.5, 0.6) is 0 Å². The summed E-state index contributed by atoms with van der Waals surface area (Å²) in [6.45, 7) is 2.22. The molecule has 0 unspecified atom stereocenters. The van der Waals surface area contributed by atoms with E-state index in [9.17, 15) is 4.79 Å². The quantitative estimate of drug-likeness (QED) is 0.287. The van der Waals surface area contributed by atoms with Crippen molar-refractivity contribution in [2.75, 3.05) is 0 Å². The summed E-state index contributed by atoms with van der Waals surface area (Å²) in [7, 11) is 0. The van der Waals surface area contributed by atoms with E-state index in [-0.39, 0.29) is 6.42 Å². The molecule has 22 heavy (non-hydrogen) atoms. The molecule has 0 saturated carbocycles. The number of allylic oxidation sites excluding steroid dienone is 6. The van der Waals surface area contributed by atoms with E-state index in [4.69, 9.17) is 5.11 Å². The molecule has 0 bridgehead atoms. The second kappa shape index (κ2) is 17.3. The summed E-state index contributed by atoms with van der Waals surface area (Å²) in [5, 5.41) is 8.48. The van der Waals surface area contributed by atoms with Crippen molar-refractivity contribution in [3.05, 3.63) is 36.5 Å². The largest absolute Gasteiger partial charge is 0.481 e. The van der Waals surface area contributed by atoms with Crippen LogP contribution in [0.3, 0.4) is 0 Å². The fourth-order valence-corrected chi connectivity index (χ4v) is 1.82. The summed E-state index contributed by atoms with van der Waals surface area (Å²) in [4.78, 5) is 10.3. The lowest BCUT2D eigenvalue weighted by molar-refractivity contribution is -0.137. The monoisotopic (exact) mass is 302 g/mol. The normalized spacial score (nSPS) is 11.3. The van der Waals surface area contributed by atoms with Gasteiger partial charge < -0.3 is 5.11 Å². The maximum atomic E-state index is 10.3. The maximum Gasteiger partial charge on any atom is 0.303 e. The van der Waals surface area contributed by atoms with Crippen molar-refractivity contribution in [1.82, 2.24) is 0 Å². The average molecular weight is 302 g/mol. The zero-order valence-electron chi connectivity index (χ0n) is 13.9. The van der Waals surface area contributed by atoms with Gasteiger partial charge in [-0.15, -0.1) is 0 Å². The van der Waals surface area contributed by atoms with Crippen LogP contribution in [0.2, 0.25) is 0 Å². The Morgan fingerprint density at radius 2 is 1.45 bits per heavy atom. The summed E-state index contributed by atoms with van der Waals surface area (Å²) in [5.74, 6) is 5.47. The molecule has 0 heterocycles. The lowest BCUT2D eigenvalue weighted by Gasteiger charge is -1.90. The Morgan fingerprint density at radius 3 is 2.14 bits per heavy atom. The van der Waals surface area contributed by atoms with Gasteiger partial charge in [0.15, 0.2) is 0 Å². The highest BCUT2D eigenvalue weighted by atomic mass is 16.4. The third-order valence-electron chi connectivity index (χ3n) is 3.07. The molecule has 0 aliphatic carbocycles. The number of unbranched alkanes of at least 4 members (excludes halogenated alkanes) is 4. The predicted molar refractivity (Wildman–Crippen MR) is 94.7 cm³/mol. The van der Waals surface area contributed by atoms with Gasteiger partial charge in [-0.1, -0.05) is 68.1 Å². The number of carbonyl (C=O) groups is 1. The Bertz CT molecular complexity index is 405. The highest BCUT2D eigenvalue weighted by Crippen LogP contribution is 2.00. The van der Waals surface area contributed by atoms with E-state index in [0.717, 1.165) is 25.7 Å². The van der Waals surface area contributed by atoms with Crippen LogP contribution in [0, 0.1) is 11.8 Å². The molecule has 2 heteroatoms. The lowest BCUT2D eigenvalue weighted by atomic mass is 10.2. The summed E-state index contributed by atoms with van der Waals surface area (Å²) >= 11 is 0. The molecular formula is C20H30O2. The second-order valence-corrected chi connectivity index (χ2v) is 5.19. The Hall–Kier alpha value is -1.75. The number of rotatable bonds is 12. The van der Waals surface area contributed by atoms with Crippen molar-refractivity contribution in [3.63, 3.8) is 0 Å². The van der Waals surface area contributed by atoms with Crippen LogP contribution in [0.25, 0.3) is 0 Å². The Morgan fingerprint density at radius 1 is 0.864 bits per heavy atom. The van der Waals surface area contributed by atoms with Crippen LogP contribution in [0.15, 0.2) is 36.5 Å². The third kappa shape index (κ3) is 18.2. The minimum Gasteiger partial charge on any atom is -0.481 e. The van der Waals surface area contributed by atoms with Crippen molar-refractivity contribution >= 4 is 5.97 Å². The van der Waals surface area contributed by atoms with Crippen molar-refractivity contribution < 1.29 is 9.90 Å². The minimum absolute atomic E-state index is 0.244. The molecule has 2 nitrogen and oxygen atoms in total. The summed E-state index contributed by atoms with van der Waals surface area (Å²) in [6.07, 6.45) is 22.2. The number of hydrogen-bond acceptors (Lipinski definition) is 1. The van der Waals surface area contributed by atoms with Gasteiger partial charge in [0, 0.05) is 19.3 Å². The maximum absolute atomic E-state index is 10.3. The van der Waals surface area contributed by atoms with E-state index in [1.165, 1.54) is 25.7 Å². The molecule has 0 saturated heterocycles. The van der Waals surface area contributed by atoms with Crippen molar-refractivity contribution in [2.45, 2.75) is 71.1 Å². The first kappa shape index (κ1) is 20.2. The van der Waals surface area contributed by atoms with Gasteiger partial charge in [0.2, 0.25) is 0 Å². The average Bonchev–Trinajstić information content (AvgIpc) is 2.50. The van der Waals surface area contributed by atoms with Crippen molar-refractivity contribution in [1.29, 1.82) is 0 Å². The van der Waals surface area contributed by atoms with Crippen molar-refractivity contribution in [3.8, 4) is 11.8 Å². The Kier molecular flexibility index (Phi) is 15.9. The molecule has 0 atom stereocenters. The molecule has 0 radical (unpaired) electrons. The number of carboxylic acids is 1. The Balaban J connectivity index is 3.45. The fraction of sp³-hybridized carbons (Fsp3) is 0.550. The van der Waals surface area contributed by atoms with E-state index in [0.29, 0.717) is 6.42 Å². The van der Waals surface area contributed by atoms with Gasteiger partial charge >= 0.3 is 5.97 Å². The fourth-order valence-electron chi connectivity index (χ4n) is 1.82. The molecule has 0 fully saturated rings. The number of carboxylic acid groups (broad SMARTS) is 1. The minimum atomic E-state index is -0.726. The first-order chi connectivity index (χ1) is 10.8. The molecule has 122 valence electrons. The second-order valence-electron chi connectivity index (χ2n) is 5.19. The lowest BCUT2D eigenvalue weighted by Crippen LogP contribution is -1.92.